The first kappa shape index (κ1) is 12.3. The second kappa shape index (κ2) is 4.77. The molecule has 0 aliphatic carbocycles. The number of aromatic nitrogens is 3. The molecule has 0 amide bonds. The fourth-order valence-corrected chi connectivity index (χ4v) is 2.04. The highest BCUT2D eigenvalue weighted by Crippen LogP contribution is 2.23. The summed E-state index contributed by atoms with van der Waals surface area (Å²) in [7, 11) is 0. The number of benzene rings is 2. The number of aryl methyl sites for hydroxylation is 1. The number of hydrogen-bond acceptors (Lipinski definition) is 3. The zero-order valence-corrected chi connectivity index (χ0v) is 10.9. The molecule has 4 nitrogen and oxygen atoms in total. The van der Waals surface area contributed by atoms with Gasteiger partial charge in [-0.15, -0.1) is 5.10 Å². The minimum Gasteiger partial charge on any atom is -0.399 e. The maximum atomic E-state index is 13.4. The Hall–Kier alpha value is -2.69. The predicted molar refractivity (Wildman–Crippen MR) is 75.9 cm³/mol. The van der Waals surface area contributed by atoms with Crippen molar-refractivity contribution in [2.75, 3.05) is 5.73 Å². The van der Waals surface area contributed by atoms with Crippen LogP contribution >= 0.6 is 0 Å². The van der Waals surface area contributed by atoms with E-state index in [2.05, 4.69) is 10.3 Å². The number of nitrogens with zero attached hydrogens (tertiary/aromatic N) is 3. The quantitative estimate of drug-likeness (QED) is 0.727. The van der Waals surface area contributed by atoms with Gasteiger partial charge in [0.1, 0.15) is 5.82 Å². The van der Waals surface area contributed by atoms with Crippen LogP contribution < -0.4 is 5.73 Å². The molecular formula is C15H13FN4. The fourth-order valence-electron chi connectivity index (χ4n) is 2.04. The van der Waals surface area contributed by atoms with Crippen molar-refractivity contribution in [3.63, 3.8) is 0 Å². The van der Waals surface area contributed by atoms with Crippen molar-refractivity contribution in [1.82, 2.24) is 15.0 Å². The van der Waals surface area contributed by atoms with Crippen LogP contribution in [0.4, 0.5) is 10.1 Å². The highest BCUT2D eigenvalue weighted by Gasteiger charge is 2.10. The zero-order valence-electron chi connectivity index (χ0n) is 10.9. The van der Waals surface area contributed by atoms with Gasteiger partial charge in [0.15, 0.2) is 0 Å². The zero-order chi connectivity index (χ0) is 14.1. The normalized spacial score (nSPS) is 10.7. The Morgan fingerprint density at radius 1 is 1.10 bits per heavy atom. The largest absolute Gasteiger partial charge is 0.399 e. The molecule has 3 aromatic rings. The average Bonchev–Trinajstić information content (AvgIpc) is 2.92. The van der Waals surface area contributed by atoms with E-state index in [0.717, 1.165) is 16.9 Å². The molecule has 0 saturated heterocycles. The molecular weight excluding hydrogens is 255 g/mol. The maximum absolute atomic E-state index is 13.4. The molecule has 0 spiro atoms. The summed E-state index contributed by atoms with van der Waals surface area (Å²) in [5.41, 5.74) is 9.48. The second-order valence-electron chi connectivity index (χ2n) is 4.59. The van der Waals surface area contributed by atoms with Crippen LogP contribution in [0.25, 0.3) is 16.9 Å². The number of anilines is 1. The van der Waals surface area contributed by atoms with Crippen LogP contribution in [0, 0.1) is 12.7 Å². The van der Waals surface area contributed by atoms with Crippen LogP contribution in [0.15, 0.2) is 48.7 Å². The smallest absolute Gasteiger partial charge is 0.126 e. The Bertz CT molecular complexity index is 747. The van der Waals surface area contributed by atoms with Gasteiger partial charge in [0.25, 0.3) is 0 Å². The molecule has 0 atom stereocenters. The van der Waals surface area contributed by atoms with Crippen molar-refractivity contribution in [3.8, 4) is 16.9 Å². The Morgan fingerprint density at radius 3 is 2.55 bits per heavy atom. The van der Waals surface area contributed by atoms with E-state index in [-0.39, 0.29) is 5.82 Å². The summed E-state index contributed by atoms with van der Waals surface area (Å²) in [6, 6.07) is 12.3. The lowest BCUT2D eigenvalue weighted by atomic mass is 10.1. The first-order valence-electron chi connectivity index (χ1n) is 6.18. The summed E-state index contributed by atoms with van der Waals surface area (Å²) in [5, 5.41) is 8.01. The van der Waals surface area contributed by atoms with E-state index < -0.39 is 0 Å². The molecule has 0 radical (unpaired) electrons. The van der Waals surface area contributed by atoms with Crippen LogP contribution in [0.1, 0.15) is 5.56 Å². The Labute approximate surface area is 115 Å². The van der Waals surface area contributed by atoms with E-state index in [1.54, 1.807) is 42.1 Å². The molecule has 1 heterocycles. The number of halogens is 1. The third-order valence-corrected chi connectivity index (χ3v) is 3.14. The SMILES string of the molecule is Cc1cc(-c2cnnn2-c2ccc(N)cc2)ccc1F. The minimum atomic E-state index is -0.222. The van der Waals surface area contributed by atoms with Gasteiger partial charge in [-0.2, -0.15) is 0 Å². The molecule has 0 aliphatic rings. The number of nitrogens with two attached hydrogens (primary N) is 1. The molecule has 1 aromatic heterocycles. The van der Waals surface area contributed by atoms with Crippen LogP contribution in [-0.4, -0.2) is 15.0 Å². The van der Waals surface area contributed by atoms with Gasteiger partial charge in [0.2, 0.25) is 0 Å². The maximum Gasteiger partial charge on any atom is 0.126 e. The lowest BCUT2D eigenvalue weighted by Gasteiger charge is -2.07. The van der Waals surface area contributed by atoms with Gasteiger partial charge < -0.3 is 5.73 Å². The molecule has 0 bridgehead atoms. The molecule has 0 unspecified atom stereocenters. The Balaban J connectivity index is 2.10. The summed E-state index contributed by atoms with van der Waals surface area (Å²) in [6.45, 7) is 1.73. The summed E-state index contributed by atoms with van der Waals surface area (Å²) in [6.07, 6.45) is 1.66. The molecule has 0 saturated carbocycles. The highest BCUT2D eigenvalue weighted by atomic mass is 19.1. The molecule has 3 rings (SSSR count). The summed E-state index contributed by atoms with van der Waals surface area (Å²) in [5.74, 6) is -0.222. The van der Waals surface area contributed by atoms with Crippen LogP contribution in [0.5, 0.6) is 0 Å². The fraction of sp³-hybridized carbons (Fsp3) is 0.0667. The Kier molecular flexibility index (Phi) is 2.95. The first-order chi connectivity index (χ1) is 9.65. The van der Waals surface area contributed by atoms with Crippen molar-refractivity contribution in [1.29, 1.82) is 0 Å². The molecule has 0 fully saturated rings. The average molecular weight is 268 g/mol. The van der Waals surface area contributed by atoms with Crippen molar-refractivity contribution in [2.24, 2.45) is 0 Å². The van der Waals surface area contributed by atoms with Crippen LogP contribution in [-0.2, 0) is 0 Å². The van der Waals surface area contributed by atoms with E-state index in [0.29, 0.717) is 11.3 Å². The van der Waals surface area contributed by atoms with Gasteiger partial charge in [0, 0.05) is 11.3 Å². The van der Waals surface area contributed by atoms with E-state index in [4.69, 9.17) is 5.73 Å². The molecule has 2 N–H and O–H groups in total. The topological polar surface area (TPSA) is 56.7 Å². The Morgan fingerprint density at radius 2 is 1.85 bits per heavy atom. The van der Waals surface area contributed by atoms with Crippen molar-refractivity contribution in [3.05, 3.63) is 60.0 Å². The van der Waals surface area contributed by atoms with Gasteiger partial charge in [-0.05, 0) is 55.0 Å². The number of nitrogen functional groups attached to an aromatic ring is 1. The standard InChI is InChI=1S/C15H13FN4/c1-10-8-11(2-7-14(10)16)15-9-18-19-20(15)13-5-3-12(17)4-6-13/h2-9H,17H2,1H3. The van der Waals surface area contributed by atoms with E-state index in [9.17, 15) is 4.39 Å². The lowest BCUT2D eigenvalue weighted by Crippen LogP contribution is -2.00. The van der Waals surface area contributed by atoms with Crippen LogP contribution in [0.2, 0.25) is 0 Å². The molecule has 100 valence electrons. The summed E-state index contributed by atoms with van der Waals surface area (Å²) in [4.78, 5) is 0. The van der Waals surface area contributed by atoms with Gasteiger partial charge in [-0.3, -0.25) is 0 Å². The minimum absolute atomic E-state index is 0.222. The van der Waals surface area contributed by atoms with Gasteiger partial charge in [-0.1, -0.05) is 5.21 Å². The highest BCUT2D eigenvalue weighted by molar-refractivity contribution is 5.62. The first-order valence-corrected chi connectivity index (χ1v) is 6.18. The molecule has 20 heavy (non-hydrogen) atoms. The van der Waals surface area contributed by atoms with Gasteiger partial charge >= 0.3 is 0 Å². The predicted octanol–water partition coefficient (Wildman–Crippen LogP) is 2.96. The van der Waals surface area contributed by atoms with Crippen molar-refractivity contribution >= 4 is 5.69 Å². The van der Waals surface area contributed by atoms with Crippen LogP contribution in [0.3, 0.4) is 0 Å². The molecule has 5 heteroatoms. The van der Waals surface area contributed by atoms with Gasteiger partial charge in [0.05, 0.1) is 17.6 Å². The number of rotatable bonds is 2. The molecule has 0 aliphatic heterocycles. The monoisotopic (exact) mass is 268 g/mol. The summed E-state index contributed by atoms with van der Waals surface area (Å²) < 4.78 is 15.1. The van der Waals surface area contributed by atoms with Gasteiger partial charge in [-0.25, -0.2) is 9.07 Å². The lowest BCUT2D eigenvalue weighted by molar-refractivity contribution is 0.618. The number of hydrogen-bond donors (Lipinski definition) is 1. The van der Waals surface area contributed by atoms with E-state index in [1.807, 2.05) is 12.1 Å². The molecule has 2 aromatic carbocycles. The van der Waals surface area contributed by atoms with E-state index >= 15 is 0 Å². The second-order valence-corrected chi connectivity index (χ2v) is 4.59. The third-order valence-electron chi connectivity index (χ3n) is 3.14. The van der Waals surface area contributed by atoms with E-state index in [1.165, 1.54) is 6.07 Å². The van der Waals surface area contributed by atoms with Crippen molar-refractivity contribution < 1.29 is 4.39 Å². The summed E-state index contributed by atoms with van der Waals surface area (Å²) >= 11 is 0. The van der Waals surface area contributed by atoms with Crippen molar-refractivity contribution in [2.45, 2.75) is 6.92 Å². The third kappa shape index (κ3) is 2.14.